The first-order chi connectivity index (χ1) is 1.00. The summed E-state index contributed by atoms with van der Waals surface area (Å²) in [4.78, 5) is 8.00. The SMILES string of the molecule is C=O.[O-2].[Zn+2]. The number of carbonyl (C=O) groups excluding carboxylic acids is 1. The first-order valence-corrected chi connectivity index (χ1v) is 0.289. The largest absolute Gasteiger partial charge is 2.00 e. The molecule has 0 aromatic rings. The predicted molar refractivity (Wildman–Crippen MR) is 7.81 cm³/mol. The van der Waals surface area contributed by atoms with Crippen molar-refractivity contribution in [2.24, 2.45) is 0 Å². The van der Waals surface area contributed by atoms with E-state index in [0.717, 1.165) is 0 Å². The van der Waals surface area contributed by atoms with Gasteiger partial charge in [0.2, 0.25) is 0 Å². The Morgan fingerprint density at radius 3 is 1.25 bits per heavy atom. The molecule has 0 saturated heterocycles. The normalized spacial score (nSPS) is 1.00. The standard InChI is InChI=1S/CH2O.O.Zn/c1-2;;/h1H2;;/q;-2;+2. The second-order valence-corrected chi connectivity index (χ2v) is 0. The van der Waals surface area contributed by atoms with Gasteiger partial charge in [0.15, 0.2) is 0 Å². The second-order valence-electron chi connectivity index (χ2n) is 0. The van der Waals surface area contributed by atoms with Gasteiger partial charge in [0.05, 0.1) is 0 Å². The van der Waals surface area contributed by atoms with Crippen molar-refractivity contribution in [3.63, 3.8) is 0 Å². The van der Waals surface area contributed by atoms with Crippen LogP contribution in [0.3, 0.4) is 0 Å². The zero-order chi connectivity index (χ0) is 2.00. The maximum absolute atomic E-state index is 8.00. The molecule has 0 aromatic heterocycles. The summed E-state index contributed by atoms with van der Waals surface area (Å²) in [5.74, 6) is 0. The molecule has 3 heteroatoms. The molecule has 0 heterocycles. The monoisotopic (exact) mass is 110 g/mol. The van der Waals surface area contributed by atoms with Crippen molar-refractivity contribution >= 4 is 6.79 Å². The zero-order valence-electron chi connectivity index (χ0n) is 2.23. The van der Waals surface area contributed by atoms with Gasteiger partial charge in [-0.2, -0.15) is 0 Å². The number of hydrogen-bond acceptors (Lipinski definition) is 1. The minimum atomic E-state index is 0. The molecule has 0 amide bonds. The van der Waals surface area contributed by atoms with E-state index < -0.39 is 0 Å². The number of rotatable bonds is 0. The van der Waals surface area contributed by atoms with Gasteiger partial charge in [-0.1, -0.05) is 0 Å². The maximum atomic E-state index is 8.00. The zero-order valence-corrected chi connectivity index (χ0v) is 5.20. The van der Waals surface area contributed by atoms with Crippen LogP contribution in [0.1, 0.15) is 0 Å². The van der Waals surface area contributed by atoms with Crippen LogP contribution in [0.15, 0.2) is 0 Å². The first kappa shape index (κ1) is 28.7. The molecule has 0 N–H and O–H groups in total. The molecule has 0 fully saturated rings. The molecule has 2 nitrogen and oxygen atoms in total. The minimum absolute atomic E-state index is 0. The molecule has 0 aliphatic heterocycles. The van der Waals surface area contributed by atoms with E-state index in [0.29, 0.717) is 0 Å². The fourth-order valence-electron chi connectivity index (χ4n) is 0. The third-order valence-corrected chi connectivity index (χ3v) is 0. The Labute approximate surface area is 37.3 Å². The van der Waals surface area contributed by atoms with Gasteiger partial charge in [-0.25, -0.2) is 0 Å². The summed E-state index contributed by atoms with van der Waals surface area (Å²) in [6.07, 6.45) is 0. The fraction of sp³-hybridized carbons (Fsp3) is 0. The molecule has 0 spiro atoms. The summed E-state index contributed by atoms with van der Waals surface area (Å²) < 4.78 is 0. The van der Waals surface area contributed by atoms with E-state index in [1.165, 1.54) is 0 Å². The summed E-state index contributed by atoms with van der Waals surface area (Å²) in [5.41, 5.74) is 0. The second kappa shape index (κ2) is 257. The maximum Gasteiger partial charge on any atom is 2.00 e. The molecule has 0 aromatic carbocycles. The number of carbonyl (C=O) groups is 1. The van der Waals surface area contributed by atoms with Crippen LogP contribution in [-0.4, -0.2) is 6.79 Å². The molecule has 0 saturated carbocycles. The van der Waals surface area contributed by atoms with Crippen LogP contribution in [0, 0.1) is 0 Å². The Hall–Kier alpha value is 0.253. The van der Waals surface area contributed by atoms with Crippen molar-refractivity contribution in [3.8, 4) is 0 Å². The first-order valence-electron chi connectivity index (χ1n) is 0.289. The summed E-state index contributed by atoms with van der Waals surface area (Å²) in [7, 11) is 0. The van der Waals surface area contributed by atoms with Crippen molar-refractivity contribution in [3.05, 3.63) is 0 Å². The molecular weight excluding hydrogens is 109 g/mol. The van der Waals surface area contributed by atoms with Gasteiger partial charge in [-0.05, 0) is 0 Å². The topological polar surface area (TPSA) is 45.6 Å². The Morgan fingerprint density at radius 2 is 1.25 bits per heavy atom. The van der Waals surface area contributed by atoms with Crippen molar-refractivity contribution in [1.29, 1.82) is 0 Å². The van der Waals surface area contributed by atoms with Crippen LogP contribution in [0.4, 0.5) is 0 Å². The average Bonchev–Trinajstić information content (AvgIpc) is 1.00. The van der Waals surface area contributed by atoms with Crippen molar-refractivity contribution in [2.75, 3.05) is 0 Å². The third-order valence-electron chi connectivity index (χ3n) is 0. The Morgan fingerprint density at radius 1 is 1.25 bits per heavy atom. The van der Waals surface area contributed by atoms with Crippen LogP contribution >= 0.6 is 0 Å². The van der Waals surface area contributed by atoms with Gasteiger partial charge in [0.25, 0.3) is 0 Å². The molecule has 0 rings (SSSR count). The Bertz CT molecular complexity index is 6.00. The molecule has 0 unspecified atom stereocenters. The molecular formula is CH2O2Zn. The van der Waals surface area contributed by atoms with Crippen molar-refractivity contribution < 1.29 is 29.7 Å². The Kier molecular flexibility index (Phi) is 1840. The molecule has 20 valence electrons. The third kappa shape index (κ3) is 55.1. The van der Waals surface area contributed by atoms with Crippen LogP contribution in [0.5, 0.6) is 0 Å². The summed E-state index contributed by atoms with van der Waals surface area (Å²) >= 11 is 0. The van der Waals surface area contributed by atoms with Crippen molar-refractivity contribution in [2.45, 2.75) is 0 Å². The van der Waals surface area contributed by atoms with Crippen LogP contribution in [0.2, 0.25) is 0 Å². The van der Waals surface area contributed by atoms with Crippen LogP contribution < -0.4 is 0 Å². The number of hydrogen-bond donors (Lipinski definition) is 0. The van der Waals surface area contributed by atoms with Crippen LogP contribution in [0.25, 0.3) is 0 Å². The molecule has 0 radical (unpaired) electrons. The molecule has 0 aliphatic carbocycles. The summed E-state index contributed by atoms with van der Waals surface area (Å²) in [6.45, 7) is 2.00. The van der Waals surface area contributed by atoms with Crippen LogP contribution in [-0.2, 0) is 29.7 Å². The van der Waals surface area contributed by atoms with Gasteiger partial charge in [0.1, 0.15) is 6.79 Å². The molecule has 0 aliphatic rings. The van der Waals surface area contributed by atoms with Gasteiger partial charge in [0, 0.05) is 0 Å². The quantitative estimate of drug-likeness (QED) is 0.396. The molecule has 4 heavy (non-hydrogen) atoms. The predicted octanol–water partition coefficient (Wildman–Crippen LogP) is -0.306. The van der Waals surface area contributed by atoms with E-state index in [2.05, 4.69) is 0 Å². The van der Waals surface area contributed by atoms with E-state index >= 15 is 0 Å². The van der Waals surface area contributed by atoms with Gasteiger partial charge in [-0.15, -0.1) is 0 Å². The average molecular weight is 111 g/mol. The van der Waals surface area contributed by atoms with Gasteiger partial charge < -0.3 is 10.3 Å². The minimum Gasteiger partial charge on any atom is -2.00 e. The van der Waals surface area contributed by atoms with Gasteiger partial charge in [-0.3, -0.25) is 0 Å². The van der Waals surface area contributed by atoms with Crippen molar-refractivity contribution in [1.82, 2.24) is 0 Å². The molecule has 0 bridgehead atoms. The van der Waals surface area contributed by atoms with E-state index in [-0.39, 0.29) is 25.0 Å². The molecule has 0 atom stereocenters. The summed E-state index contributed by atoms with van der Waals surface area (Å²) in [6, 6.07) is 0. The smallest absolute Gasteiger partial charge is 2.00 e. The Balaban J connectivity index is -0.00000000500. The van der Waals surface area contributed by atoms with E-state index in [4.69, 9.17) is 4.79 Å². The van der Waals surface area contributed by atoms with E-state index in [1.807, 2.05) is 6.79 Å². The van der Waals surface area contributed by atoms with E-state index in [1.54, 1.807) is 0 Å². The summed E-state index contributed by atoms with van der Waals surface area (Å²) in [5, 5.41) is 0. The fourth-order valence-corrected chi connectivity index (χ4v) is 0. The van der Waals surface area contributed by atoms with Gasteiger partial charge >= 0.3 is 19.5 Å². The van der Waals surface area contributed by atoms with E-state index in [9.17, 15) is 0 Å².